The third-order valence-corrected chi connectivity index (χ3v) is 7.06. The average Bonchev–Trinajstić information content (AvgIpc) is 3.37. The zero-order chi connectivity index (χ0) is 24.6. The monoisotopic (exact) mass is 492 g/mol. The molecule has 2 unspecified atom stereocenters. The number of aromatic nitrogens is 3. The van der Waals surface area contributed by atoms with Crippen LogP contribution in [0.15, 0.2) is 48.7 Å². The van der Waals surface area contributed by atoms with Crippen LogP contribution in [0.2, 0.25) is 0 Å². The SMILES string of the molecule is CC.COc1cnc2cccc(C(N)CN3CCCC(CNCc4ccc5nsnc5c4)C3)c2c1. The van der Waals surface area contributed by atoms with E-state index in [2.05, 4.69) is 48.2 Å². The number of ether oxygens (including phenoxy) is 1. The van der Waals surface area contributed by atoms with E-state index in [-0.39, 0.29) is 6.04 Å². The number of nitrogens with one attached hydrogen (secondary N) is 1. The van der Waals surface area contributed by atoms with Gasteiger partial charge in [0, 0.05) is 31.1 Å². The highest BCUT2D eigenvalue weighted by Crippen LogP contribution is 2.27. The smallest absolute Gasteiger partial charge is 0.137 e. The predicted octanol–water partition coefficient (Wildman–Crippen LogP) is 4.78. The maximum atomic E-state index is 6.71. The van der Waals surface area contributed by atoms with E-state index < -0.39 is 0 Å². The van der Waals surface area contributed by atoms with Crippen LogP contribution in [-0.4, -0.2) is 51.9 Å². The van der Waals surface area contributed by atoms with Crippen LogP contribution in [0.3, 0.4) is 0 Å². The molecule has 0 bridgehead atoms. The van der Waals surface area contributed by atoms with Gasteiger partial charge < -0.3 is 20.7 Å². The highest BCUT2D eigenvalue weighted by molar-refractivity contribution is 7.00. The molecule has 1 aliphatic rings. The van der Waals surface area contributed by atoms with Gasteiger partial charge in [0.05, 0.1) is 30.6 Å². The lowest BCUT2D eigenvalue weighted by Gasteiger charge is -2.34. The lowest BCUT2D eigenvalue weighted by molar-refractivity contribution is 0.164. The first kappa shape index (κ1) is 25.4. The zero-order valence-electron chi connectivity index (χ0n) is 20.9. The molecule has 186 valence electrons. The van der Waals surface area contributed by atoms with Gasteiger partial charge in [0.15, 0.2) is 0 Å². The van der Waals surface area contributed by atoms with Crippen molar-refractivity contribution in [2.24, 2.45) is 11.7 Å². The lowest BCUT2D eigenvalue weighted by Crippen LogP contribution is -2.42. The Morgan fingerprint density at radius 1 is 1.14 bits per heavy atom. The number of methoxy groups -OCH3 is 1. The first-order chi connectivity index (χ1) is 17.2. The van der Waals surface area contributed by atoms with Crippen molar-refractivity contribution in [3.05, 3.63) is 59.8 Å². The van der Waals surface area contributed by atoms with Crippen molar-refractivity contribution >= 4 is 33.7 Å². The van der Waals surface area contributed by atoms with Crippen molar-refractivity contribution in [1.82, 2.24) is 23.9 Å². The number of likely N-dealkylation sites (tertiary alicyclic amines) is 1. The second-order valence-electron chi connectivity index (χ2n) is 8.88. The number of rotatable bonds is 8. The van der Waals surface area contributed by atoms with Gasteiger partial charge in [0.25, 0.3) is 0 Å². The van der Waals surface area contributed by atoms with Crippen molar-refractivity contribution < 1.29 is 4.74 Å². The predicted molar refractivity (Wildman–Crippen MR) is 145 cm³/mol. The fourth-order valence-electron chi connectivity index (χ4n) is 4.81. The fourth-order valence-corrected chi connectivity index (χ4v) is 5.32. The summed E-state index contributed by atoms with van der Waals surface area (Å²) < 4.78 is 14.0. The van der Waals surface area contributed by atoms with Crippen molar-refractivity contribution in [2.75, 3.05) is 33.3 Å². The largest absolute Gasteiger partial charge is 0.495 e. The molecule has 0 amide bonds. The van der Waals surface area contributed by atoms with Crippen LogP contribution in [0, 0.1) is 5.92 Å². The van der Waals surface area contributed by atoms with Gasteiger partial charge in [-0.3, -0.25) is 4.98 Å². The summed E-state index contributed by atoms with van der Waals surface area (Å²) in [6.45, 7) is 8.88. The average molecular weight is 493 g/mol. The summed E-state index contributed by atoms with van der Waals surface area (Å²) in [5.74, 6) is 1.39. The second kappa shape index (κ2) is 12.4. The molecule has 1 saturated heterocycles. The van der Waals surface area contributed by atoms with Crippen LogP contribution in [0.1, 0.15) is 43.9 Å². The van der Waals surface area contributed by atoms with Crippen LogP contribution >= 0.6 is 11.7 Å². The Morgan fingerprint density at radius 3 is 2.86 bits per heavy atom. The molecule has 2 aromatic carbocycles. The molecule has 5 rings (SSSR count). The molecule has 3 heterocycles. The van der Waals surface area contributed by atoms with E-state index in [9.17, 15) is 0 Å². The van der Waals surface area contributed by atoms with Gasteiger partial charge in [-0.05, 0) is 67.2 Å². The van der Waals surface area contributed by atoms with E-state index in [0.717, 1.165) is 66.0 Å². The zero-order valence-corrected chi connectivity index (χ0v) is 21.7. The molecule has 0 aliphatic carbocycles. The number of piperidine rings is 1. The number of benzene rings is 2. The standard InChI is InChI=1S/C25H30N6OS.C2H6/c1-32-19-11-21-20(5-2-6-23(21)28-14-19)22(26)16-31-9-3-4-18(15-31)13-27-12-17-7-8-24-25(10-17)30-33-29-24;1-2/h2,5-8,10-11,14,18,22,27H,3-4,9,12-13,15-16,26H2,1H3;1-2H3. The van der Waals surface area contributed by atoms with Gasteiger partial charge in [-0.1, -0.05) is 32.0 Å². The molecule has 1 aliphatic heterocycles. The number of hydrogen-bond donors (Lipinski definition) is 2. The minimum atomic E-state index is -0.0623. The van der Waals surface area contributed by atoms with Gasteiger partial charge in [-0.15, -0.1) is 0 Å². The molecule has 7 nitrogen and oxygen atoms in total. The molecule has 2 atom stereocenters. The molecular weight excluding hydrogens is 456 g/mol. The van der Waals surface area contributed by atoms with E-state index >= 15 is 0 Å². The molecule has 3 N–H and O–H groups in total. The minimum absolute atomic E-state index is 0.0623. The van der Waals surface area contributed by atoms with E-state index in [1.165, 1.54) is 30.1 Å². The van der Waals surface area contributed by atoms with Crippen LogP contribution in [-0.2, 0) is 6.54 Å². The lowest BCUT2D eigenvalue weighted by atomic mass is 9.96. The molecule has 35 heavy (non-hydrogen) atoms. The molecule has 0 saturated carbocycles. The summed E-state index contributed by atoms with van der Waals surface area (Å²) in [5, 5.41) is 4.72. The summed E-state index contributed by atoms with van der Waals surface area (Å²) in [6, 6.07) is 14.5. The summed E-state index contributed by atoms with van der Waals surface area (Å²) in [7, 11) is 1.67. The first-order valence-electron chi connectivity index (χ1n) is 12.5. The van der Waals surface area contributed by atoms with Crippen LogP contribution < -0.4 is 15.8 Å². The molecule has 2 aromatic heterocycles. The van der Waals surface area contributed by atoms with Crippen LogP contribution in [0.4, 0.5) is 0 Å². The normalized spacial score (nSPS) is 17.2. The van der Waals surface area contributed by atoms with Gasteiger partial charge >= 0.3 is 0 Å². The molecule has 0 radical (unpaired) electrons. The Hall–Kier alpha value is -2.65. The molecular formula is C27H36N6OS. The fraction of sp³-hybridized carbons (Fsp3) is 0.444. The van der Waals surface area contributed by atoms with Crippen LogP contribution in [0.25, 0.3) is 21.9 Å². The Labute approximate surface area is 212 Å². The highest BCUT2D eigenvalue weighted by atomic mass is 32.1. The van der Waals surface area contributed by atoms with E-state index in [1.807, 2.05) is 32.0 Å². The van der Waals surface area contributed by atoms with Crippen molar-refractivity contribution in [1.29, 1.82) is 0 Å². The van der Waals surface area contributed by atoms with Crippen LogP contribution in [0.5, 0.6) is 5.75 Å². The van der Waals surface area contributed by atoms with Crippen molar-refractivity contribution in [3.63, 3.8) is 0 Å². The summed E-state index contributed by atoms with van der Waals surface area (Å²) in [5.41, 5.74) is 12.0. The molecule has 1 fully saturated rings. The Bertz CT molecular complexity index is 1230. The summed E-state index contributed by atoms with van der Waals surface area (Å²) in [4.78, 5) is 7.03. The third kappa shape index (κ3) is 6.32. The maximum Gasteiger partial charge on any atom is 0.137 e. The highest BCUT2D eigenvalue weighted by Gasteiger charge is 2.22. The Morgan fingerprint density at radius 2 is 2.00 bits per heavy atom. The number of hydrogen-bond acceptors (Lipinski definition) is 8. The second-order valence-corrected chi connectivity index (χ2v) is 9.41. The van der Waals surface area contributed by atoms with E-state index in [1.54, 1.807) is 13.3 Å². The Balaban J connectivity index is 0.00000141. The van der Waals surface area contributed by atoms with Gasteiger partial charge in [-0.2, -0.15) is 8.75 Å². The maximum absolute atomic E-state index is 6.71. The molecule has 4 aromatic rings. The van der Waals surface area contributed by atoms with Gasteiger partial charge in [0.2, 0.25) is 0 Å². The van der Waals surface area contributed by atoms with Crippen molar-refractivity contribution in [3.8, 4) is 5.75 Å². The van der Waals surface area contributed by atoms with E-state index in [4.69, 9.17) is 10.5 Å². The Kier molecular flexibility index (Phi) is 8.98. The quantitative estimate of drug-likeness (QED) is 0.366. The van der Waals surface area contributed by atoms with Gasteiger partial charge in [0.1, 0.15) is 16.8 Å². The summed E-state index contributed by atoms with van der Waals surface area (Å²) >= 11 is 1.27. The van der Waals surface area contributed by atoms with E-state index in [0.29, 0.717) is 5.92 Å². The first-order valence-corrected chi connectivity index (χ1v) is 13.2. The topological polar surface area (TPSA) is 89.2 Å². The number of nitrogens with two attached hydrogens (primary N) is 1. The number of nitrogens with zero attached hydrogens (tertiary/aromatic N) is 4. The molecule has 0 spiro atoms. The summed E-state index contributed by atoms with van der Waals surface area (Å²) in [6.07, 6.45) is 4.22. The number of fused-ring (bicyclic) bond motifs is 2. The van der Waals surface area contributed by atoms with Gasteiger partial charge in [-0.25, -0.2) is 0 Å². The molecule has 8 heteroatoms. The minimum Gasteiger partial charge on any atom is -0.495 e. The third-order valence-electron chi connectivity index (χ3n) is 6.51. The number of pyridine rings is 1. The van der Waals surface area contributed by atoms with Crippen molar-refractivity contribution in [2.45, 2.75) is 39.3 Å².